The molecule has 0 N–H and O–H groups in total. The molecule has 1 aromatic carbocycles. The molecule has 2 saturated carbocycles. The Bertz CT molecular complexity index is 453. The second-order valence-electron chi connectivity index (χ2n) is 7.04. The van der Waals surface area contributed by atoms with Crippen LogP contribution in [-0.2, 0) is 0 Å². The van der Waals surface area contributed by atoms with Gasteiger partial charge in [-0.2, -0.15) is 0 Å². The first-order valence-electron chi connectivity index (χ1n) is 8.45. The molecule has 0 nitrogen and oxygen atoms in total. The van der Waals surface area contributed by atoms with E-state index in [1.54, 1.807) is 5.56 Å². The van der Waals surface area contributed by atoms with Crippen LogP contribution in [0.2, 0.25) is 0 Å². The highest BCUT2D eigenvalue weighted by Gasteiger charge is 2.35. The highest BCUT2D eigenvalue weighted by atomic mass is 14.4. The second-order valence-corrected chi connectivity index (χ2v) is 7.04. The monoisotopic (exact) mass is 268 g/mol. The molecule has 0 heterocycles. The minimum Gasteiger partial charge on any atom is -0.0914 e. The Balaban J connectivity index is 1.64. The first kappa shape index (κ1) is 13.9. The van der Waals surface area contributed by atoms with Gasteiger partial charge in [0, 0.05) is 0 Å². The summed E-state index contributed by atoms with van der Waals surface area (Å²) >= 11 is 0. The summed E-state index contributed by atoms with van der Waals surface area (Å²) in [6, 6.07) is 9.30. The molecule has 0 aromatic heterocycles. The zero-order chi connectivity index (χ0) is 13.9. The van der Waals surface area contributed by atoms with Crippen molar-refractivity contribution in [2.45, 2.75) is 58.3 Å². The molecule has 0 heteroatoms. The van der Waals surface area contributed by atoms with Crippen LogP contribution in [0.15, 0.2) is 36.4 Å². The Morgan fingerprint density at radius 1 is 0.900 bits per heavy atom. The van der Waals surface area contributed by atoms with Gasteiger partial charge in [0.25, 0.3) is 0 Å². The van der Waals surface area contributed by atoms with Crippen LogP contribution in [0, 0.1) is 24.7 Å². The van der Waals surface area contributed by atoms with Crippen molar-refractivity contribution >= 4 is 0 Å². The van der Waals surface area contributed by atoms with E-state index in [1.165, 1.54) is 44.1 Å². The number of hydrogen-bond acceptors (Lipinski definition) is 0. The number of aryl methyl sites for hydroxylation is 1. The summed E-state index contributed by atoms with van der Waals surface area (Å²) in [6.07, 6.45) is 13.3. The maximum Gasteiger partial charge on any atom is -0.0159 e. The van der Waals surface area contributed by atoms with Gasteiger partial charge in [0.15, 0.2) is 0 Å². The van der Waals surface area contributed by atoms with Crippen molar-refractivity contribution in [1.82, 2.24) is 0 Å². The molecular formula is C20H28. The summed E-state index contributed by atoms with van der Waals surface area (Å²) in [6.45, 7) is 4.35. The van der Waals surface area contributed by atoms with Crippen LogP contribution in [-0.4, -0.2) is 0 Å². The molecule has 3 rings (SSSR count). The summed E-state index contributed by atoms with van der Waals surface area (Å²) in [5.74, 6) is 3.70. The van der Waals surface area contributed by atoms with E-state index in [4.69, 9.17) is 0 Å². The molecule has 0 spiro atoms. The van der Waals surface area contributed by atoms with Crippen LogP contribution in [0.4, 0.5) is 0 Å². The van der Waals surface area contributed by atoms with Gasteiger partial charge in [-0.1, -0.05) is 42.0 Å². The van der Waals surface area contributed by atoms with Gasteiger partial charge < -0.3 is 0 Å². The second kappa shape index (κ2) is 6.16. The molecular weight excluding hydrogens is 240 g/mol. The van der Waals surface area contributed by atoms with Crippen LogP contribution in [0.1, 0.15) is 62.5 Å². The van der Waals surface area contributed by atoms with Gasteiger partial charge in [0.05, 0.1) is 0 Å². The van der Waals surface area contributed by atoms with E-state index in [1.807, 2.05) is 0 Å². The van der Waals surface area contributed by atoms with E-state index in [-0.39, 0.29) is 0 Å². The minimum atomic E-state index is 0.829. The summed E-state index contributed by atoms with van der Waals surface area (Å²) in [4.78, 5) is 0. The number of allylic oxidation sites excluding steroid dienone is 2. The van der Waals surface area contributed by atoms with Gasteiger partial charge in [0.2, 0.25) is 0 Å². The molecule has 0 bridgehead atoms. The van der Waals surface area contributed by atoms with Crippen molar-refractivity contribution in [1.29, 1.82) is 0 Å². The van der Waals surface area contributed by atoms with Gasteiger partial charge in [-0.25, -0.2) is 0 Å². The van der Waals surface area contributed by atoms with Gasteiger partial charge in [-0.15, -0.1) is 0 Å². The maximum atomic E-state index is 2.45. The summed E-state index contributed by atoms with van der Waals surface area (Å²) in [5.41, 5.74) is 2.97. The molecule has 4 atom stereocenters. The quantitative estimate of drug-likeness (QED) is 0.588. The van der Waals surface area contributed by atoms with E-state index >= 15 is 0 Å². The van der Waals surface area contributed by atoms with Gasteiger partial charge in [0.1, 0.15) is 0 Å². The lowest BCUT2D eigenvalue weighted by atomic mass is 9.64. The van der Waals surface area contributed by atoms with E-state index in [0.29, 0.717) is 0 Å². The zero-order valence-corrected chi connectivity index (χ0v) is 13.0. The van der Waals surface area contributed by atoms with Crippen LogP contribution < -0.4 is 0 Å². The molecule has 2 aliphatic rings. The third-order valence-corrected chi connectivity index (χ3v) is 5.67. The third-order valence-electron chi connectivity index (χ3n) is 5.67. The molecule has 0 radical (unpaired) electrons. The van der Waals surface area contributed by atoms with E-state index in [0.717, 1.165) is 23.7 Å². The SMILES string of the molecule is CC=CC1CCC2CC(c3ccc(C)cc3)CCC2C1. The van der Waals surface area contributed by atoms with E-state index < -0.39 is 0 Å². The molecule has 2 aliphatic carbocycles. The Morgan fingerprint density at radius 3 is 2.35 bits per heavy atom. The fourth-order valence-electron chi connectivity index (χ4n) is 4.51. The predicted octanol–water partition coefficient (Wildman–Crippen LogP) is 5.87. The predicted molar refractivity (Wildman–Crippen MR) is 86.9 cm³/mol. The first-order chi connectivity index (χ1) is 9.76. The topological polar surface area (TPSA) is 0 Å². The lowest BCUT2D eigenvalue weighted by Crippen LogP contribution is -2.30. The number of fused-ring (bicyclic) bond motifs is 1. The molecule has 4 unspecified atom stereocenters. The maximum absolute atomic E-state index is 2.45. The molecule has 20 heavy (non-hydrogen) atoms. The fraction of sp³-hybridized carbons (Fsp3) is 0.600. The van der Waals surface area contributed by atoms with E-state index in [9.17, 15) is 0 Å². The van der Waals surface area contributed by atoms with Crippen LogP contribution in [0.3, 0.4) is 0 Å². The lowest BCUT2D eigenvalue weighted by molar-refractivity contribution is 0.133. The molecule has 2 fully saturated rings. The average molecular weight is 268 g/mol. The molecule has 0 amide bonds. The van der Waals surface area contributed by atoms with Crippen molar-refractivity contribution in [3.8, 4) is 0 Å². The van der Waals surface area contributed by atoms with Crippen LogP contribution in [0.25, 0.3) is 0 Å². The van der Waals surface area contributed by atoms with E-state index in [2.05, 4.69) is 50.3 Å². The molecule has 1 aromatic rings. The van der Waals surface area contributed by atoms with Crippen molar-refractivity contribution in [2.75, 3.05) is 0 Å². The normalized spacial score (nSPS) is 34.1. The zero-order valence-electron chi connectivity index (χ0n) is 13.0. The van der Waals surface area contributed by atoms with Crippen molar-refractivity contribution in [2.24, 2.45) is 17.8 Å². The average Bonchev–Trinajstić information content (AvgIpc) is 2.48. The summed E-state index contributed by atoms with van der Waals surface area (Å²) in [5, 5.41) is 0. The van der Waals surface area contributed by atoms with Crippen molar-refractivity contribution in [3.63, 3.8) is 0 Å². The van der Waals surface area contributed by atoms with Gasteiger partial charge in [-0.05, 0) is 81.6 Å². The fourth-order valence-corrected chi connectivity index (χ4v) is 4.51. The summed E-state index contributed by atoms with van der Waals surface area (Å²) in [7, 11) is 0. The van der Waals surface area contributed by atoms with Crippen LogP contribution in [0.5, 0.6) is 0 Å². The third kappa shape index (κ3) is 3.00. The van der Waals surface area contributed by atoms with Crippen LogP contribution >= 0.6 is 0 Å². The smallest absolute Gasteiger partial charge is 0.0159 e. The molecule has 0 aliphatic heterocycles. The van der Waals surface area contributed by atoms with Gasteiger partial charge >= 0.3 is 0 Å². The first-order valence-corrected chi connectivity index (χ1v) is 8.45. The highest BCUT2D eigenvalue weighted by Crippen LogP contribution is 2.47. The molecule has 0 saturated heterocycles. The molecule has 108 valence electrons. The number of rotatable bonds is 2. The lowest BCUT2D eigenvalue weighted by Gasteiger charge is -2.41. The number of benzene rings is 1. The number of hydrogen-bond donors (Lipinski definition) is 0. The highest BCUT2D eigenvalue weighted by molar-refractivity contribution is 5.25. The standard InChI is InChI=1S/C20H28/c1-3-4-16-7-10-20-14-19(12-11-18(20)13-16)17-8-5-15(2)6-9-17/h3-6,8-9,16,18-20H,7,10-14H2,1-2H3. The van der Waals surface area contributed by atoms with Crippen molar-refractivity contribution in [3.05, 3.63) is 47.5 Å². The Hall–Kier alpha value is -1.04. The summed E-state index contributed by atoms with van der Waals surface area (Å²) < 4.78 is 0. The Kier molecular flexibility index (Phi) is 4.29. The van der Waals surface area contributed by atoms with Gasteiger partial charge in [-0.3, -0.25) is 0 Å². The Morgan fingerprint density at radius 2 is 1.60 bits per heavy atom. The largest absolute Gasteiger partial charge is 0.0914 e. The van der Waals surface area contributed by atoms with Crippen molar-refractivity contribution < 1.29 is 0 Å². The Labute approximate surface area is 124 Å². The minimum absolute atomic E-state index is 0.829.